The van der Waals surface area contributed by atoms with Crippen molar-refractivity contribution in [2.75, 3.05) is 26.9 Å². The summed E-state index contributed by atoms with van der Waals surface area (Å²) in [4.78, 5) is 0. The van der Waals surface area contributed by atoms with Crippen LogP contribution in [0.5, 0.6) is 0 Å². The van der Waals surface area contributed by atoms with Crippen molar-refractivity contribution in [3.63, 3.8) is 0 Å². The summed E-state index contributed by atoms with van der Waals surface area (Å²) in [5.41, 5.74) is 1.61. The number of ether oxygens (including phenoxy) is 1. The maximum Gasteiger partial charge on any atom is 0.0657 e. The fraction of sp³-hybridized carbons (Fsp3) is 0.600. The summed E-state index contributed by atoms with van der Waals surface area (Å²) < 4.78 is 5.29. The van der Waals surface area contributed by atoms with Crippen molar-refractivity contribution in [1.82, 2.24) is 5.32 Å². The number of benzene rings is 1. The first kappa shape index (κ1) is 13.5. The van der Waals surface area contributed by atoms with Gasteiger partial charge in [0.15, 0.2) is 0 Å². The highest BCUT2D eigenvalue weighted by molar-refractivity contribution is 5.19. The molecule has 1 aromatic carbocycles. The van der Waals surface area contributed by atoms with Crippen molar-refractivity contribution in [3.8, 4) is 0 Å². The van der Waals surface area contributed by atoms with E-state index in [1.165, 1.54) is 18.4 Å². The second-order valence-corrected chi connectivity index (χ2v) is 5.27. The van der Waals surface area contributed by atoms with Gasteiger partial charge in [-0.25, -0.2) is 0 Å². The number of aliphatic hydroxyl groups excluding tert-OH is 1. The Balaban J connectivity index is 1.91. The van der Waals surface area contributed by atoms with E-state index in [1.54, 1.807) is 7.11 Å². The molecule has 1 aromatic rings. The molecule has 0 aliphatic heterocycles. The van der Waals surface area contributed by atoms with Crippen LogP contribution in [-0.4, -0.2) is 32.0 Å². The van der Waals surface area contributed by atoms with Gasteiger partial charge in [0, 0.05) is 20.3 Å². The van der Waals surface area contributed by atoms with Crippen LogP contribution in [0.15, 0.2) is 30.3 Å². The molecule has 3 nitrogen and oxygen atoms in total. The maximum atomic E-state index is 9.08. The Morgan fingerprint density at radius 1 is 1.33 bits per heavy atom. The zero-order valence-corrected chi connectivity index (χ0v) is 11.1. The zero-order chi connectivity index (χ0) is 12.8. The fourth-order valence-corrected chi connectivity index (χ4v) is 2.39. The fourth-order valence-electron chi connectivity index (χ4n) is 2.39. The molecule has 18 heavy (non-hydrogen) atoms. The molecular formula is C15H23NO2. The molecule has 1 aliphatic carbocycles. The quantitative estimate of drug-likeness (QED) is 0.741. The number of nitrogens with one attached hydrogen (secondary N) is 1. The van der Waals surface area contributed by atoms with E-state index in [4.69, 9.17) is 9.84 Å². The molecule has 3 heteroatoms. The number of methoxy groups -OCH3 is 1. The predicted molar refractivity (Wildman–Crippen MR) is 72.4 cm³/mol. The summed E-state index contributed by atoms with van der Waals surface area (Å²) >= 11 is 0. The van der Waals surface area contributed by atoms with Gasteiger partial charge in [0.1, 0.15) is 0 Å². The van der Waals surface area contributed by atoms with Gasteiger partial charge in [0.25, 0.3) is 0 Å². The predicted octanol–water partition coefficient (Wildman–Crippen LogP) is 2.13. The van der Waals surface area contributed by atoms with Gasteiger partial charge in [0.05, 0.1) is 12.6 Å². The summed E-state index contributed by atoms with van der Waals surface area (Å²) in [7, 11) is 1.73. The van der Waals surface area contributed by atoms with Crippen LogP contribution in [0, 0.1) is 5.41 Å². The van der Waals surface area contributed by atoms with Crippen molar-refractivity contribution >= 4 is 0 Å². The highest BCUT2D eigenvalue weighted by Crippen LogP contribution is 2.48. The van der Waals surface area contributed by atoms with Crippen LogP contribution in [0.1, 0.15) is 30.9 Å². The lowest BCUT2D eigenvalue weighted by atomic mass is 10.0. The van der Waals surface area contributed by atoms with Crippen molar-refractivity contribution in [1.29, 1.82) is 0 Å². The normalized spacial score (nSPS) is 18.6. The monoisotopic (exact) mass is 249 g/mol. The lowest BCUT2D eigenvalue weighted by molar-refractivity contribution is 0.160. The SMILES string of the molecule is COCC(NCC1(CCO)CC1)c1ccccc1. The van der Waals surface area contributed by atoms with Gasteiger partial charge in [-0.05, 0) is 30.2 Å². The summed E-state index contributed by atoms with van der Waals surface area (Å²) in [6.45, 7) is 1.94. The molecule has 1 fully saturated rings. The van der Waals surface area contributed by atoms with Gasteiger partial charge in [-0.2, -0.15) is 0 Å². The van der Waals surface area contributed by atoms with Crippen molar-refractivity contribution in [2.45, 2.75) is 25.3 Å². The van der Waals surface area contributed by atoms with E-state index in [0.717, 1.165) is 13.0 Å². The van der Waals surface area contributed by atoms with E-state index < -0.39 is 0 Å². The molecule has 0 aromatic heterocycles. The van der Waals surface area contributed by atoms with Gasteiger partial charge >= 0.3 is 0 Å². The second kappa shape index (κ2) is 6.32. The topological polar surface area (TPSA) is 41.5 Å². The standard InChI is InChI=1S/C15H23NO2/c1-18-11-14(13-5-3-2-4-6-13)16-12-15(7-8-15)9-10-17/h2-6,14,16-17H,7-12H2,1H3. The molecule has 1 aliphatic rings. The summed E-state index contributed by atoms with van der Waals surface area (Å²) in [5, 5.41) is 12.7. The molecule has 2 N–H and O–H groups in total. The molecule has 1 atom stereocenters. The van der Waals surface area contributed by atoms with Crippen LogP contribution in [-0.2, 0) is 4.74 Å². The molecule has 1 saturated carbocycles. The van der Waals surface area contributed by atoms with E-state index in [2.05, 4.69) is 29.6 Å². The molecule has 0 amide bonds. The van der Waals surface area contributed by atoms with E-state index in [-0.39, 0.29) is 6.04 Å². The minimum absolute atomic E-state index is 0.243. The van der Waals surface area contributed by atoms with Crippen LogP contribution in [0.3, 0.4) is 0 Å². The molecule has 1 unspecified atom stereocenters. The largest absolute Gasteiger partial charge is 0.396 e. The summed E-state index contributed by atoms with van der Waals surface area (Å²) in [6.07, 6.45) is 3.37. The number of hydrogen-bond donors (Lipinski definition) is 2. The van der Waals surface area contributed by atoms with Gasteiger partial charge in [-0.1, -0.05) is 30.3 Å². The highest BCUT2D eigenvalue weighted by atomic mass is 16.5. The Labute approximate surface area is 109 Å². The van der Waals surface area contributed by atoms with Crippen molar-refractivity contribution in [2.24, 2.45) is 5.41 Å². The first-order chi connectivity index (χ1) is 8.79. The number of hydrogen-bond acceptors (Lipinski definition) is 3. The first-order valence-corrected chi connectivity index (χ1v) is 6.68. The third kappa shape index (κ3) is 3.55. The van der Waals surface area contributed by atoms with Crippen molar-refractivity contribution in [3.05, 3.63) is 35.9 Å². The van der Waals surface area contributed by atoms with E-state index in [1.807, 2.05) is 6.07 Å². The minimum Gasteiger partial charge on any atom is -0.396 e. The average Bonchev–Trinajstić information content (AvgIpc) is 3.16. The molecule has 0 bridgehead atoms. The third-order valence-corrected chi connectivity index (χ3v) is 3.86. The molecular weight excluding hydrogens is 226 g/mol. The number of aliphatic hydroxyl groups is 1. The highest BCUT2D eigenvalue weighted by Gasteiger charge is 2.41. The zero-order valence-electron chi connectivity index (χ0n) is 11.1. The van der Waals surface area contributed by atoms with E-state index in [0.29, 0.717) is 18.6 Å². The maximum absolute atomic E-state index is 9.08. The van der Waals surface area contributed by atoms with Gasteiger partial charge in [-0.3, -0.25) is 0 Å². The van der Waals surface area contributed by atoms with Gasteiger partial charge in [-0.15, -0.1) is 0 Å². The van der Waals surface area contributed by atoms with Crippen LogP contribution < -0.4 is 5.32 Å². The van der Waals surface area contributed by atoms with Gasteiger partial charge in [0.2, 0.25) is 0 Å². The Kier molecular flexibility index (Phi) is 4.75. The van der Waals surface area contributed by atoms with Crippen LogP contribution >= 0.6 is 0 Å². The Morgan fingerprint density at radius 3 is 2.61 bits per heavy atom. The number of rotatable bonds is 8. The lowest BCUT2D eigenvalue weighted by Crippen LogP contribution is -2.31. The Morgan fingerprint density at radius 2 is 2.06 bits per heavy atom. The van der Waals surface area contributed by atoms with Gasteiger partial charge < -0.3 is 15.2 Å². The van der Waals surface area contributed by atoms with Crippen LogP contribution in [0.4, 0.5) is 0 Å². The van der Waals surface area contributed by atoms with Crippen molar-refractivity contribution < 1.29 is 9.84 Å². The molecule has 0 heterocycles. The Hall–Kier alpha value is -0.900. The third-order valence-electron chi connectivity index (χ3n) is 3.86. The lowest BCUT2D eigenvalue weighted by Gasteiger charge is -2.22. The molecule has 0 radical (unpaired) electrons. The Bertz CT molecular complexity index is 349. The van der Waals surface area contributed by atoms with E-state index in [9.17, 15) is 0 Å². The smallest absolute Gasteiger partial charge is 0.0657 e. The molecule has 100 valence electrons. The minimum atomic E-state index is 0.243. The second-order valence-electron chi connectivity index (χ2n) is 5.27. The summed E-state index contributed by atoms with van der Waals surface area (Å²) in [6, 6.07) is 10.6. The summed E-state index contributed by atoms with van der Waals surface area (Å²) in [5.74, 6) is 0. The van der Waals surface area contributed by atoms with E-state index >= 15 is 0 Å². The molecule has 0 spiro atoms. The van der Waals surface area contributed by atoms with Crippen LogP contribution in [0.2, 0.25) is 0 Å². The van der Waals surface area contributed by atoms with Crippen LogP contribution in [0.25, 0.3) is 0 Å². The molecule has 2 rings (SSSR count). The first-order valence-electron chi connectivity index (χ1n) is 6.68. The molecule has 0 saturated heterocycles. The average molecular weight is 249 g/mol.